The van der Waals surface area contributed by atoms with Crippen LogP contribution >= 0.6 is 23.1 Å². The Hall–Kier alpha value is -5.14. The van der Waals surface area contributed by atoms with Crippen LogP contribution in [0.5, 0.6) is 17.2 Å². The van der Waals surface area contributed by atoms with Gasteiger partial charge in [0.15, 0.2) is 11.0 Å². The van der Waals surface area contributed by atoms with Crippen LogP contribution in [0.4, 0.5) is 0 Å². The van der Waals surface area contributed by atoms with E-state index in [2.05, 4.69) is 15.5 Å². The van der Waals surface area contributed by atoms with Crippen molar-refractivity contribution >= 4 is 40.6 Å². The third kappa shape index (κ3) is 7.16. The summed E-state index contributed by atoms with van der Waals surface area (Å²) in [5.74, 6) is 1.85. The Labute approximate surface area is 280 Å². The van der Waals surface area contributed by atoms with Crippen LogP contribution in [0.15, 0.2) is 101 Å². The van der Waals surface area contributed by atoms with E-state index in [4.69, 9.17) is 19.3 Å². The van der Waals surface area contributed by atoms with Crippen molar-refractivity contribution in [3.8, 4) is 22.9 Å². The van der Waals surface area contributed by atoms with E-state index in [1.54, 1.807) is 41.7 Å². The fraction of sp³-hybridized carbons (Fsp3) is 0.206. The molecule has 1 N–H and O–H groups in total. The van der Waals surface area contributed by atoms with Gasteiger partial charge >= 0.3 is 0 Å². The molecule has 1 atom stereocenters. The normalized spacial score (nSPS) is 14.1. The van der Waals surface area contributed by atoms with Crippen molar-refractivity contribution in [1.29, 1.82) is 0 Å². The van der Waals surface area contributed by atoms with Crippen molar-refractivity contribution in [3.05, 3.63) is 112 Å². The van der Waals surface area contributed by atoms with Crippen LogP contribution in [0.2, 0.25) is 0 Å². The van der Waals surface area contributed by atoms with Gasteiger partial charge < -0.3 is 19.5 Å². The second-order valence-electron chi connectivity index (χ2n) is 10.4. The lowest BCUT2D eigenvalue weighted by Crippen LogP contribution is -2.28. The molecule has 1 aliphatic rings. The predicted molar refractivity (Wildman–Crippen MR) is 181 cm³/mol. The number of para-hydroxylation sites is 1. The van der Waals surface area contributed by atoms with E-state index in [1.165, 1.54) is 26.0 Å². The number of thioether (sulfide) groups is 1. The number of carbonyl (C=O) groups is 2. The number of ether oxygens (including phenoxy) is 3. The molecule has 0 fully saturated rings. The van der Waals surface area contributed by atoms with E-state index >= 15 is 0 Å². The Balaban J connectivity index is 1.22. The van der Waals surface area contributed by atoms with E-state index in [-0.39, 0.29) is 30.2 Å². The average Bonchev–Trinajstić information content (AvgIpc) is 3.90. The molecule has 6 rings (SSSR count). The number of rotatable bonds is 12. The van der Waals surface area contributed by atoms with Crippen LogP contribution in [0.1, 0.15) is 39.1 Å². The molecule has 11 nitrogen and oxygen atoms in total. The van der Waals surface area contributed by atoms with E-state index in [1.807, 2.05) is 76.7 Å². The standard InChI is InChI=1S/C34H32N6O5S2/c1-43-25-13-11-22(12-14-25)29-19-28(30-10-7-15-46-30)38-40(29)32(41)21-47-34-37-36-31(39(34)24-8-5-4-6-9-24)20-35-33(42)23-16-26(44-2)18-27(17-23)45-3/h4-18,29H,19-21H2,1-3H3,(H,35,42)/t29-/m0/s1. The maximum absolute atomic E-state index is 13.8. The second-order valence-corrected chi connectivity index (χ2v) is 12.3. The quantitative estimate of drug-likeness (QED) is 0.167. The number of hydrogen-bond donors (Lipinski definition) is 1. The zero-order valence-corrected chi connectivity index (χ0v) is 27.6. The molecule has 0 saturated carbocycles. The van der Waals surface area contributed by atoms with Gasteiger partial charge in [0, 0.05) is 23.7 Å². The minimum absolute atomic E-state index is 0.0782. The smallest absolute Gasteiger partial charge is 0.253 e. The van der Waals surface area contributed by atoms with Crippen LogP contribution in [0.25, 0.3) is 5.69 Å². The Bertz CT molecular complexity index is 1850. The van der Waals surface area contributed by atoms with Gasteiger partial charge in [-0.15, -0.1) is 21.5 Å². The molecule has 13 heteroatoms. The molecule has 3 aromatic carbocycles. The van der Waals surface area contributed by atoms with Crippen molar-refractivity contribution in [2.24, 2.45) is 5.10 Å². The first-order valence-corrected chi connectivity index (χ1v) is 16.5. The molecule has 47 heavy (non-hydrogen) atoms. The molecule has 0 radical (unpaired) electrons. The first-order valence-electron chi connectivity index (χ1n) is 14.7. The lowest BCUT2D eigenvalue weighted by atomic mass is 10.0. The molecule has 0 bridgehead atoms. The maximum atomic E-state index is 13.8. The monoisotopic (exact) mass is 668 g/mol. The molecule has 1 aliphatic heterocycles. The summed E-state index contributed by atoms with van der Waals surface area (Å²) >= 11 is 2.87. The van der Waals surface area contributed by atoms with Crippen LogP contribution < -0.4 is 19.5 Å². The number of methoxy groups -OCH3 is 3. The highest BCUT2D eigenvalue weighted by molar-refractivity contribution is 7.99. The van der Waals surface area contributed by atoms with Gasteiger partial charge in [-0.1, -0.05) is 48.2 Å². The molecule has 0 spiro atoms. The summed E-state index contributed by atoms with van der Waals surface area (Å²) in [4.78, 5) is 28.0. The van der Waals surface area contributed by atoms with Gasteiger partial charge in [-0.3, -0.25) is 14.2 Å². The molecule has 5 aromatic rings. The lowest BCUT2D eigenvalue weighted by Gasteiger charge is -2.22. The van der Waals surface area contributed by atoms with E-state index in [0.717, 1.165) is 27.6 Å². The molecule has 0 aliphatic carbocycles. The average molecular weight is 669 g/mol. The third-order valence-corrected chi connectivity index (χ3v) is 9.36. The fourth-order valence-corrected chi connectivity index (χ4v) is 6.70. The maximum Gasteiger partial charge on any atom is 0.253 e. The van der Waals surface area contributed by atoms with Crippen molar-refractivity contribution < 1.29 is 23.8 Å². The molecule has 0 unspecified atom stereocenters. The molecular formula is C34H32N6O5S2. The summed E-state index contributed by atoms with van der Waals surface area (Å²) in [6.45, 7) is 0.0922. The topological polar surface area (TPSA) is 120 Å². The van der Waals surface area contributed by atoms with Gasteiger partial charge in [0.1, 0.15) is 17.2 Å². The van der Waals surface area contributed by atoms with Crippen molar-refractivity contribution in [1.82, 2.24) is 25.1 Å². The van der Waals surface area contributed by atoms with E-state index < -0.39 is 0 Å². The van der Waals surface area contributed by atoms with Crippen molar-refractivity contribution in [2.45, 2.75) is 24.2 Å². The molecule has 2 aromatic heterocycles. The van der Waals surface area contributed by atoms with Crippen molar-refractivity contribution in [3.63, 3.8) is 0 Å². The van der Waals surface area contributed by atoms with Gasteiger partial charge in [-0.05, 0) is 53.4 Å². The number of carbonyl (C=O) groups excluding carboxylic acids is 2. The summed E-state index contributed by atoms with van der Waals surface area (Å²) < 4.78 is 17.8. The summed E-state index contributed by atoms with van der Waals surface area (Å²) in [6.07, 6.45) is 0.604. The number of benzene rings is 3. The largest absolute Gasteiger partial charge is 0.497 e. The van der Waals surface area contributed by atoms with E-state index in [9.17, 15) is 9.59 Å². The number of hydrogen-bond acceptors (Lipinski definition) is 10. The number of thiophene rings is 1. The Morgan fingerprint density at radius 2 is 1.62 bits per heavy atom. The van der Waals surface area contributed by atoms with Gasteiger partial charge in [-0.2, -0.15) is 5.10 Å². The minimum atomic E-state index is -0.327. The van der Waals surface area contributed by atoms with Gasteiger partial charge in [0.2, 0.25) is 0 Å². The number of nitrogens with one attached hydrogen (secondary N) is 1. The highest BCUT2D eigenvalue weighted by Crippen LogP contribution is 2.35. The van der Waals surface area contributed by atoms with Crippen LogP contribution in [0.3, 0.4) is 0 Å². The Morgan fingerprint density at radius 3 is 2.28 bits per heavy atom. The first-order chi connectivity index (χ1) is 23.0. The fourth-order valence-electron chi connectivity index (χ4n) is 5.15. The SMILES string of the molecule is COc1ccc([C@@H]2CC(c3cccs3)=NN2C(=O)CSc2nnc(CNC(=O)c3cc(OC)cc(OC)c3)n2-c2ccccc2)cc1. The van der Waals surface area contributed by atoms with Crippen LogP contribution in [-0.4, -0.2) is 64.4 Å². The minimum Gasteiger partial charge on any atom is -0.497 e. The predicted octanol–water partition coefficient (Wildman–Crippen LogP) is 5.75. The second kappa shape index (κ2) is 14.5. The van der Waals surface area contributed by atoms with Gasteiger partial charge in [0.25, 0.3) is 11.8 Å². The van der Waals surface area contributed by atoms with Gasteiger partial charge in [-0.25, -0.2) is 5.01 Å². The number of nitrogens with zero attached hydrogens (tertiary/aromatic N) is 5. The molecule has 0 saturated heterocycles. The zero-order chi connectivity index (χ0) is 32.8. The summed E-state index contributed by atoms with van der Waals surface area (Å²) in [6, 6.07) is 26.0. The van der Waals surface area contributed by atoms with Crippen LogP contribution in [0, 0.1) is 0 Å². The molecular weight excluding hydrogens is 637 g/mol. The summed E-state index contributed by atoms with van der Waals surface area (Å²) in [5.41, 5.74) is 3.03. The summed E-state index contributed by atoms with van der Waals surface area (Å²) in [7, 11) is 4.68. The van der Waals surface area contributed by atoms with Crippen LogP contribution in [-0.2, 0) is 11.3 Å². The Morgan fingerprint density at radius 1 is 0.894 bits per heavy atom. The number of hydrazone groups is 1. The molecule has 2 amide bonds. The highest BCUT2D eigenvalue weighted by Gasteiger charge is 2.34. The third-order valence-electron chi connectivity index (χ3n) is 7.53. The van der Waals surface area contributed by atoms with Crippen molar-refractivity contribution in [2.75, 3.05) is 27.1 Å². The molecule has 240 valence electrons. The molecule has 3 heterocycles. The zero-order valence-electron chi connectivity index (χ0n) is 26.0. The first kappa shape index (κ1) is 31.8. The van der Waals surface area contributed by atoms with E-state index in [0.29, 0.717) is 34.5 Å². The van der Waals surface area contributed by atoms with Gasteiger partial charge in [0.05, 0.1) is 50.3 Å². The Kier molecular flexibility index (Phi) is 9.83. The summed E-state index contributed by atoms with van der Waals surface area (Å²) in [5, 5.41) is 20.6. The highest BCUT2D eigenvalue weighted by atomic mass is 32.2. The number of amides is 2. The number of aromatic nitrogens is 3. The lowest BCUT2D eigenvalue weighted by molar-refractivity contribution is -0.130.